The molecule has 0 saturated carbocycles. The molecule has 4 heteroatoms. The highest BCUT2D eigenvalue weighted by molar-refractivity contribution is 5.93. The molecule has 0 aliphatic rings. The summed E-state index contributed by atoms with van der Waals surface area (Å²) in [5.74, 6) is 0.0978. The number of hydrogen-bond donors (Lipinski definition) is 1. The Morgan fingerprint density at radius 1 is 1.00 bits per heavy atom. The fourth-order valence-electron chi connectivity index (χ4n) is 2.66. The lowest BCUT2D eigenvalue weighted by molar-refractivity contribution is -0.116. The molecule has 24 heavy (non-hydrogen) atoms. The van der Waals surface area contributed by atoms with Crippen molar-refractivity contribution in [2.24, 2.45) is 5.92 Å². The van der Waals surface area contributed by atoms with E-state index in [-0.39, 0.29) is 11.8 Å². The van der Waals surface area contributed by atoms with Gasteiger partial charge in [0, 0.05) is 12.1 Å². The Labute approximate surface area is 142 Å². The number of ether oxygens (including phenoxy) is 1. The molecule has 2 aromatic rings. The van der Waals surface area contributed by atoms with Gasteiger partial charge in [-0.1, -0.05) is 44.2 Å². The van der Waals surface area contributed by atoms with Gasteiger partial charge in [-0.3, -0.25) is 4.79 Å². The van der Waals surface area contributed by atoms with Crippen molar-refractivity contribution >= 4 is 17.6 Å². The molecule has 0 radical (unpaired) electrons. The van der Waals surface area contributed by atoms with Gasteiger partial charge in [0.15, 0.2) is 0 Å². The molecular formula is C20H23NO3. The largest absolute Gasteiger partial charge is 0.465 e. The average Bonchev–Trinajstić information content (AvgIpc) is 2.60. The van der Waals surface area contributed by atoms with Crippen molar-refractivity contribution in [1.82, 2.24) is 0 Å². The maximum absolute atomic E-state index is 12.4. The number of carbonyl (C=O) groups is 2. The SMILES string of the molecule is COC(=O)c1ccc(NC(=O)CC(c2ccccc2)C(C)C)cc1. The van der Waals surface area contributed by atoms with Crippen LogP contribution in [-0.4, -0.2) is 19.0 Å². The van der Waals surface area contributed by atoms with Gasteiger partial charge in [-0.05, 0) is 41.7 Å². The van der Waals surface area contributed by atoms with Crippen LogP contribution in [0.1, 0.15) is 42.1 Å². The summed E-state index contributed by atoms with van der Waals surface area (Å²) in [6.45, 7) is 4.24. The molecule has 0 fully saturated rings. The molecule has 126 valence electrons. The minimum absolute atomic E-state index is 0.0385. The summed E-state index contributed by atoms with van der Waals surface area (Å²) >= 11 is 0. The smallest absolute Gasteiger partial charge is 0.337 e. The van der Waals surface area contributed by atoms with E-state index in [0.29, 0.717) is 23.6 Å². The van der Waals surface area contributed by atoms with Gasteiger partial charge in [0.05, 0.1) is 12.7 Å². The molecule has 2 rings (SSSR count). The molecule has 0 aromatic heterocycles. The molecule has 2 aromatic carbocycles. The standard InChI is InChI=1S/C20H23NO3/c1-14(2)18(15-7-5-4-6-8-15)13-19(22)21-17-11-9-16(10-12-17)20(23)24-3/h4-12,14,18H,13H2,1-3H3,(H,21,22). The third-order valence-corrected chi connectivity index (χ3v) is 4.03. The zero-order valence-electron chi connectivity index (χ0n) is 14.3. The molecule has 0 spiro atoms. The van der Waals surface area contributed by atoms with Crippen LogP contribution >= 0.6 is 0 Å². The first kappa shape index (κ1) is 17.7. The van der Waals surface area contributed by atoms with Gasteiger partial charge in [0.1, 0.15) is 0 Å². The van der Waals surface area contributed by atoms with Gasteiger partial charge in [-0.2, -0.15) is 0 Å². The van der Waals surface area contributed by atoms with E-state index in [4.69, 9.17) is 0 Å². The fourth-order valence-corrected chi connectivity index (χ4v) is 2.66. The molecule has 0 bridgehead atoms. The minimum Gasteiger partial charge on any atom is -0.465 e. The maximum Gasteiger partial charge on any atom is 0.337 e. The molecule has 1 atom stereocenters. The first-order chi connectivity index (χ1) is 11.5. The van der Waals surface area contributed by atoms with E-state index in [0.717, 1.165) is 0 Å². The first-order valence-electron chi connectivity index (χ1n) is 8.04. The van der Waals surface area contributed by atoms with Crippen molar-refractivity contribution in [3.05, 3.63) is 65.7 Å². The highest BCUT2D eigenvalue weighted by Gasteiger charge is 2.19. The molecule has 0 aliphatic carbocycles. The van der Waals surface area contributed by atoms with Crippen LogP contribution in [0.15, 0.2) is 54.6 Å². The Bertz CT molecular complexity index is 678. The van der Waals surface area contributed by atoms with Crippen molar-refractivity contribution in [3.8, 4) is 0 Å². The van der Waals surface area contributed by atoms with E-state index >= 15 is 0 Å². The molecule has 4 nitrogen and oxygen atoms in total. The topological polar surface area (TPSA) is 55.4 Å². The lowest BCUT2D eigenvalue weighted by Crippen LogP contribution is -2.18. The first-order valence-corrected chi connectivity index (χ1v) is 8.04. The third-order valence-electron chi connectivity index (χ3n) is 4.03. The molecule has 1 N–H and O–H groups in total. The predicted octanol–water partition coefficient (Wildman–Crippen LogP) is 4.24. The number of esters is 1. The second kappa shape index (κ2) is 8.29. The van der Waals surface area contributed by atoms with Crippen molar-refractivity contribution in [2.45, 2.75) is 26.2 Å². The number of methoxy groups -OCH3 is 1. The van der Waals surface area contributed by atoms with E-state index in [1.54, 1.807) is 24.3 Å². The van der Waals surface area contributed by atoms with E-state index in [1.165, 1.54) is 12.7 Å². The number of carbonyl (C=O) groups excluding carboxylic acids is 2. The average molecular weight is 325 g/mol. The van der Waals surface area contributed by atoms with Crippen LogP contribution in [0.2, 0.25) is 0 Å². The van der Waals surface area contributed by atoms with Crippen LogP contribution in [-0.2, 0) is 9.53 Å². The van der Waals surface area contributed by atoms with Gasteiger partial charge in [-0.15, -0.1) is 0 Å². The Hall–Kier alpha value is -2.62. The maximum atomic E-state index is 12.4. The molecule has 1 unspecified atom stereocenters. The lowest BCUT2D eigenvalue weighted by atomic mass is 9.85. The Kier molecular flexibility index (Phi) is 6.13. The Morgan fingerprint density at radius 2 is 1.62 bits per heavy atom. The summed E-state index contributed by atoms with van der Waals surface area (Å²) < 4.78 is 4.66. The number of amides is 1. The van der Waals surface area contributed by atoms with E-state index in [2.05, 4.69) is 36.0 Å². The van der Waals surface area contributed by atoms with E-state index in [9.17, 15) is 9.59 Å². The van der Waals surface area contributed by atoms with Crippen LogP contribution in [0.3, 0.4) is 0 Å². The van der Waals surface area contributed by atoms with E-state index in [1.807, 2.05) is 18.2 Å². The molecular weight excluding hydrogens is 302 g/mol. The predicted molar refractivity (Wildman–Crippen MR) is 95.0 cm³/mol. The van der Waals surface area contributed by atoms with Gasteiger partial charge in [0.25, 0.3) is 0 Å². The van der Waals surface area contributed by atoms with Crippen molar-refractivity contribution in [2.75, 3.05) is 12.4 Å². The summed E-state index contributed by atoms with van der Waals surface area (Å²) in [7, 11) is 1.34. The summed E-state index contributed by atoms with van der Waals surface area (Å²) in [6.07, 6.45) is 0.417. The molecule has 1 amide bonds. The van der Waals surface area contributed by atoms with Crippen LogP contribution in [0.4, 0.5) is 5.69 Å². The number of hydrogen-bond acceptors (Lipinski definition) is 3. The normalized spacial score (nSPS) is 11.8. The van der Waals surface area contributed by atoms with Crippen molar-refractivity contribution < 1.29 is 14.3 Å². The quantitative estimate of drug-likeness (QED) is 0.808. The monoisotopic (exact) mass is 325 g/mol. The Balaban J connectivity index is 2.02. The molecule has 0 saturated heterocycles. The zero-order chi connectivity index (χ0) is 17.5. The van der Waals surface area contributed by atoms with Gasteiger partial charge >= 0.3 is 5.97 Å². The summed E-state index contributed by atoms with van der Waals surface area (Å²) in [6, 6.07) is 16.8. The van der Waals surface area contributed by atoms with Gasteiger partial charge < -0.3 is 10.1 Å². The van der Waals surface area contributed by atoms with Crippen LogP contribution in [0.5, 0.6) is 0 Å². The van der Waals surface area contributed by atoms with Crippen molar-refractivity contribution in [3.63, 3.8) is 0 Å². The van der Waals surface area contributed by atoms with E-state index < -0.39 is 5.97 Å². The molecule has 0 aliphatic heterocycles. The summed E-state index contributed by atoms with van der Waals surface area (Å²) in [5.41, 5.74) is 2.30. The second-order valence-corrected chi connectivity index (χ2v) is 6.08. The number of nitrogens with one attached hydrogen (secondary N) is 1. The lowest BCUT2D eigenvalue weighted by Gasteiger charge is -2.21. The van der Waals surface area contributed by atoms with Gasteiger partial charge in [-0.25, -0.2) is 4.79 Å². The highest BCUT2D eigenvalue weighted by Crippen LogP contribution is 2.28. The van der Waals surface area contributed by atoms with Crippen LogP contribution in [0, 0.1) is 5.92 Å². The zero-order valence-corrected chi connectivity index (χ0v) is 14.3. The van der Waals surface area contributed by atoms with Crippen LogP contribution in [0.25, 0.3) is 0 Å². The Morgan fingerprint density at radius 3 is 2.17 bits per heavy atom. The molecule has 0 heterocycles. The van der Waals surface area contributed by atoms with Gasteiger partial charge in [0.2, 0.25) is 5.91 Å². The number of benzene rings is 2. The highest BCUT2D eigenvalue weighted by atomic mass is 16.5. The number of rotatable bonds is 6. The number of anilines is 1. The second-order valence-electron chi connectivity index (χ2n) is 6.08. The summed E-state index contributed by atoms with van der Waals surface area (Å²) in [4.78, 5) is 23.8. The summed E-state index contributed by atoms with van der Waals surface area (Å²) in [5, 5.41) is 2.89. The minimum atomic E-state index is -0.392. The van der Waals surface area contributed by atoms with Crippen molar-refractivity contribution in [1.29, 1.82) is 0 Å². The fraction of sp³-hybridized carbons (Fsp3) is 0.300. The third kappa shape index (κ3) is 4.69. The van der Waals surface area contributed by atoms with Crippen LogP contribution < -0.4 is 5.32 Å².